The zero-order chi connectivity index (χ0) is 15.5. The Morgan fingerprint density at radius 2 is 1.90 bits per heavy atom. The van der Waals surface area contributed by atoms with Gasteiger partial charge in [-0.05, 0) is 55.8 Å². The molecule has 0 aliphatic heterocycles. The van der Waals surface area contributed by atoms with Crippen LogP contribution in [-0.2, 0) is 9.59 Å². The van der Waals surface area contributed by atoms with E-state index < -0.39 is 0 Å². The molecule has 4 nitrogen and oxygen atoms in total. The Morgan fingerprint density at radius 3 is 2.52 bits per heavy atom. The maximum Gasteiger partial charge on any atom is 0.222 e. The van der Waals surface area contributed by atoms with Gasteiger partial charge in [-0.25, -0.2) is 0 Å². The van der Waals surface area contributed by atoms with Crippen LogP contribution in [0.25, 0.3) is 0 Å². The number of amides is 2. The lowest BCUT2D eigenvalue weighted by Gasteiger charge is -2.14. The summed E-state index contributed by atoms with van der Waals surface area (Å²) in [6.45, 7) is 7.49. The summed E-state index contributed by atoms with van der Waals surface area (Å²) in [5, 5.41) is 5.93. The maximum atomic E-state index is 12.1. The van der Waals surface area contributed by atoms with Gasteiger partial charge in [0, 0.05) is 25.9 Å². The van der Waals surface area contributed by atoms with E-state index in [1.807, 2.05) is 6.92 Å². The van der Waals surface area contributed by atoms with Gasteiger partial charge in [0.05, 0.1) is 0 Å². The first-order valence-electron chi connectivity index (χ1n) is 8.42. The van der Waals surface area contributed by atoms with E-state index in [2.05, 4.69) is 17.6 Å². The molecule has 2 amide bonds. The average molecular weight is 294 g/mol. The molecule has 2 aliphatic rings. The summed E-state index contributed by atoms with van der Waals surface area (Å²) >= 11 is 0. The van der Waals surface area contributed by atoms with Crippen molar-refractivity contribution < 1.29 is 9.59 Å². The normalized spacial score (nSPS) is 26.8. The van der Waals surface area contributed by atoms with Crippen molar-refractivity contribution in [2.24, 2.45) is 23.2 Å². The molecular formula is C17H30N2O2. The highest BCUT2D eigenvalue weighted by Crippen LogP contribution is 2.48. The first kappa shape index (κ1) is 16.3. The Kier molecular flexibility index (Phi) is 5.28. The molecule has 0 aromatic rings. The van der Waals surface area contributed by atoms with Gasteiger partial charge in [-0.1, -0.05) is 13.8 Å². The molecule has 0 spiro atoms. The number of nitrogens with one attached hydrogen (secondary N) is 2. The highest BCUT2D eigenvalue weighted by atomic mass is 16.2. The van der Waals surface area contributed by atoms with Crippen LogP contribution in [0.2, 0.25) is 0 Å². The molecular weight excluding hydrogens is 264 g/mol. The highest BCUT2D eigenvalue weighted by molar-refractivity contribution is 5.78. The zero-order valence-corrected chi connectivity index (χ0v) is 13.7. The summed E-state index contributed by atoms with van der Waals surface area (Å²) in [7, 11) is 0. The van der Waals surface area contributed by atoms with E-state index in [1.165, 1.54) is 19.3 Å². The van der Waals surface area contributed by atoms with Gasteiger partial charge in [0.15, 0.2) is 0 Å². The molecule has 0 bridgehead atoms. The van der Waals surface area contributed by atoms with Gasteiger partial charge in [-0.3, -0.25) is 9.59 Å². The van der Waals surface area contributed by atoms with Crippen molar-refractivity contribution in [2.45, 2.75) is 59.3 Å². The molecule has 2 fully saturated rings. The third kappa shape index (κ3) is 5.68. The fourth-order valence-corrected chi connectivity index (χ4v) is 3.07. The van der Waals surface area contributed by atoms with Crippen LogP contribution in [0.3, 0.4) is 0 Å². The van der Waals surface area contributed by atoms with Gasteiger partial charge >= 0.3 is 0 Å². The zero-order valence-electron chi connectivity index (χ0n) is 13.7. The quantitative estimate of drug-likeness (QED) is 0.686. The van der Waals surface area contributed by atoms with Crippen molar-refractivity contribution in [3.8, 4) is 0 Å². The molecule has 2 saturated carbocycles. The minimum absolute atomic E-state index is 0.0457. The lowest BCUT2D eigenvalue weighted by molar-refractivity contribution is -0.124. The third-order valence-electron chi connectivity index (χ3n) is 5.19. The molecule has 0 radical (unpaired) electrons. The van der Waals surface area contributed by atoms with E-state index in [4.69, 9.17) is 0 Å². The topological polar surface area (TPSA) is 58.2 Å². The largest absolute Gasteiger partial charge is 0.356 e. The molecule has 3 atom stereocenters. The predicted octanol–water partition coefficient (Wildman–Crippen LogP) is 2.48. The molecule has 0 heterocycles. The van der Waals surface area contributed by atoms with Crippen molar-refractivity contribution in [3.63, 3.8) is 0 Å². The van der Waals surface area contributed by atoms with Crippen LogP contribution in [0.5, 0.6) is 0 Å². The SMILES string of the molecule is CC(=O)NCCC1CC1CC(C)C(=O)NCCC1(C)CC1. The Bertz CT molecular complexity index is 390. The first-order chi connectivity index (χ1) is 9.89. The Morgan fingerprint density at radius 1 is 1.19 bits per heavy atom. The van der Waals surface area contributed by atoms with E-state index in [0.717, 1.165) is 32.4 Å². The molecule has 4 heteroatoms. The molecule has 0 saturated heterocycles. The van der Waals surface area contributed by atoms with Crippen molar-refractivity contribution in [1.82, 2.24) is 10.6 Å². The van der Waals surface area contributed by atoms with Crippen LogP contribution in [-0.4, -0.2) is 24.9 Å². The molecule has 3 unspecified atom stereocenters. The molecule has 0 aromatic heterocycles. The number of carbonyl (C=O) groups is 2. The van der Waals surface area contributed by atoms with Crippen molar-refractivity contribution in [3.05, 3.63) is 0 Å². The van der Waals surface area contributed by atoms with Crippen molar-refractivity contribution in [2.75, 3.05) is 13.1 Å². The third-order valence-corrected chi connectivity index (χ3v) is 5.19. The van der Waals surface area contributed by atoms with Crippen molar-refractivity contribution >= 4 is 11.8 Å². The van der Waals surface area contributed by atoms with E-state index in [-0.39, 0.29) is 17.7 Å². The van der Waals surface area contributed by atoms with E-state index in [0.29, 0.717) is 17.3 Å². The van der Waals surface area contributed by atoms with Crippen LogP contribution in [0, 0.1) is 23.2 Å². The van der Waals surface area contributed by atoms with Crippen LogP contribution in [0.15, 0.2) is 0 Å². The number of hydrogen-bond acceptors (Lipinski definition) is 2. The second-order valence-electron chi connectivity index (χ2n) is 7.52. The lowest BCUT2D eigenvalue weighted by Crippen LogP contribution is -2.31. The second-order valence-corrected chi connectivity index (χ2v) is 7.52. The molecule has 120 valence electrons. The summed E-state index contributed by atoms with van der Waals surface area (Å²) in [6.07, 6.45) is 7.02. The van der Waals surface area contributed by atoms with Gasteiger partial charge in [0.1, 0.15) is 0 Å². The maximum absolute atomic E-state index is 12.1. The summed E-state index contributed by atoms with van der Waals surface area (Å²) in [5.41, 5.74) is 0.516. The second kappa shape index (κ2) is 6.80. The van der Waals surface area contributed by atoms with Crippen LogP contribution < -0.4 is 10.6 Å². The molecule has 2 aliphatic carbocycles. The van der Waals surface area contributed by atoms with E-state index in [9.17, 15) is 9.59 Å². The van der Waals surface area contributed by atoms with Gasteiger partial charge in [0.2, 0.25) is 11.8 Å². The molecule has 2 rings (SSSR count). The van der Waals surface area contributed by atoms with E-state index in [1.54, 1.807) is 6.92 Å². The van der Waals surface area contributed by atoms with Crippen LogP contribution in [0.1, 0.15) is 59.3 Å². The highest BCUT2D eigenvalue weighted by Gasteiger charge is 2.39. The minimum atomic E-state index is 0.0457. The van der Waals surface area contributed by atoms with Gasteiger partial charge in [-0.2, -0.15) is 0 Å². The Hall–Kier alpha value is -1.06. The fourth-order valence-electron chi connectivity index (χ4n) is 3.07. The summed E-state index contributed by atoms with van der Waals surface area (Å²) in [4.78, 5) is 22.9. The number of rotatable bonds is 9. The van der Waals surface area contributed by atoms with Gasteiger partial charge in [0.25, 0.3) is 0 Å². The lowest BCUT2D eigenvalue weighted by atomic mass is 10.0. The fraction of sp³-hybridized carbons (Fsp3) is 0.882. The minimum Gasteiger partial charge on any atom is -0.356 e. The monoisotopic (exact) mass is 294 g/mol. The van der Waals surface area contributed by atoms with Gasteiger partial charge in [-0.15, -0.1) is 0 Å². The predicted molar refractivity (Wildman–Crippen MR) is 83.6 cm³/mol. The van der Waals surface area contributed by atoms with E-state index >= 15 is 0 Å². The van der Waals surface area contributed by atoms with Crippen molar-refractivity contribution in [1.29, 1.82) is 0 Å². The Labute approximate surface area is 128 Å². The smallest absolute Gasteiger partial charge is 0.222 e. The Balaban J connectivity index is 1.53. The van der Waals surface area contributed by atoms with Gasteiger partial charge < -0.3 is 10.6 Å². The number of carbonyl (C=O) groups excluding carboxylic acids is 2. The summed E-state index contributed by atoms with van der Waals surface area (Å²) < 4.78 is 0. The summed E-state index contributed by atoms with van der Waals surface area (Å²) in [6, 6.07) is 0. The molecule has 0 aromatic carbocycles. The first-order valence-corrected chi connectivity index (χ1v) is 8.42. The average Bonchev–Trinajstić information content (AvgIpc) is 3.30. The molecule has 2 N–H and O–H groups in total. The number of hydrogen-bond donors (Lipinski definition) is 2. The standard InChI is InChI=1S/C17H30N2O2/c1-12(16(21)19-9-7-17(3)5-6-17)10-15-11-14(15)4-8-18-13(2)20/h12,14-15H,4-11H2,1-3H3,(H,18,20)(H,19,21). The van der Waals surface area contributed by atoms with Crippen LogP contribution >= 0.6 is 0 Å². The van der Waals surface area contributed by atoms with Crippen LogP contribution in [0.4, 0.5) is 0 Å². The summed E-state index contributed by atoms with van der Waals surface area (Å²) in [5.74, 6) is 1.77. The molecule has 21 heavy (non-hydrogen) atoms.